The number of hydrogen-bond acceptors (Lipinski definition) is 9. The number of thioether (sulfide) groups is 1. The van der Waals surface area contributed by atoms with Crippen LogP contribution >= 0.6 is 11.8 Å². The minimum atomic E-state index is -0.541. The van der Waals surface area contributed by atoms with Crippen molar-refractivity contribution in [2.45, 2.75) is 19.2 Å². The summed E-state index contributed by atoms with van der Waals surface area (Å²) in [5, 5.41) is 20.7. The monoisotopic (exact) mass is 415 g/mol. The van der Waals surface area contributed by atoms with Gasteiger partial charge in [0.2, 0.25) is 11.8 Å². The lowest BCUT2D eigenvalue weighted by Gasteiger charge is -2.20. The number of ether oxygens (including phenoxy) is 2. The van der Waals surface area contributed by atoms with Crippen LogP contribution in [0.3, 0.4) is 0 Å². The minimum Gasteiger partial charge on any atom is -0.493 e. The van der Waals surface area contributed by atoms with Gasteiger partial charge in [-0.3, -0.25) is 9.59 Å². The van der Waals surface area contributed by atoms with Crippen LogP contribution in [0, 0.1) is 0 Å². The van der Waals surface area contributed by atoms with E-state index in [0.29, 0.717) is 33.4 Å². The maximum Gasteiger partial charge on any atom is 0.241 e. The Labute approximate surface area is 169 Å². The van der Waals surface area contributed by atoms with Crippen molar-refractivity contribution >= 4 is 45.3 Å². The fourth-order valence-corrected chi connectivity index (χ4v) is 4.24. The van der Waals surface area contributed by atoms with Gasteiger partial charge < -0.3 is 14.8 Å². The number of tetrazole rings is 1. The lowest BCUT2D eigenvalue weighted by atomic mass is 10.1. The summed E-state index contributed by atoms with van der Waals surface area (Å²) in [6, 6.07) is 5.47. The molecule has 1 unspecified atom stereocenters. The fraction of sp³-hybridized carbons (Fsp3) is 0.294. The molecule has 1 aliphatic heterocycles. The quantitative estimate of drug-likeness (QED) is 0.679. The van der Waals surface area contributed by atoms with E-state index in [1.54, 1.807) is 24.8 Å². The van der Waals surface area contributed by atoms with Crippen molar-refractivity contribution in [3.8, 4) is 11.5 Å². The Bertz CT molecular complexity index is 1180. The fourth-order valence-electron chi connectivity index (χ4n) is 3.09. The van der Waals surface area contributed by atoms with E-state index in [2.05, 4.69) is 25.9 Å². The van der Waals surface area contributed by atoms with Gasteiger partial charge in [0.1, 0.15) is 5.37 Å². The molecule has 3 aromatic rings. The first-order chi connectivity index (χ1) is 13.9. The van der Waals surface area contributed by atoms with E-state index in [1.165, 1.54) is 30.6 Å². The van der Waals surface area contributed by atoms with E-state index in [-0.39, 0.29) is 11.8 Å². The lowest BCUT2D eigenvalue weighted by Crippen LogP contribution is -2.25. The minimum absolute atomic E-state index is 0.273. The van der Waals surface area contributed by atoms with Gasteiger partial charge in [0.25, 0.3) is 0 Å². The first-order valence-corrected chi connectivity index (χ1v) is 9.40. The highest BCUT2D eigenvalue weighted by atomic mass is 32.2. The molecular weight excluding hydrogens is 398 g/mol. The summed E-state index contributed by atoms with van der Waals surface area (Å²) in [5.74, 6) is 0.545. The topological polar surface area (TPSA) is 123 Å². The van der Waals surface area contributed by atoms with E-state index >= 15 is 0 Å². The van der Waals surface area contributed by atoms with Gasteiger partial charge in [-0.2, -0.15) is 4.52 Å². The third-order valence-corrected chi connectivity index (χ3v) is 5.40. The molecule has 0 fully saturated rings. The van der Waals surface area contributed by atoms with Crippen molar-refractivity contribution in [3.05, 3.63) is 23.8 Å². The molecule has 0 spiro atoms. The first-order valence-electron chi connectivity index (χ1n) is 8.52. The number of hydrazone groups is 1. The molecular formula is C17H17N7O4S. The Morgan fingerprint density at radius 1 is 1.14 bits per heavy atom. The highest BCUT2D eigenvalue weighted by Crippen LogP contribution is 2.42. The third-order valence-electron chi connectivity index (χ3n) is 4.32. The first kappa shape index (κ1) is 18.9. The molecule has 0 bridgehead atoms. The van der Waals surface area contributed by atoms with Crippen LogP contribution in [0.15, 0.2) is 23.3 Å². The molecule has 3 heterocycles. The van der Waals surface area contributed by atoms with Crippen molar-refractivity contribution in [1.29, 1.82) is 0 Å². The molecule has 0 saturated heterocycles. The molecule has 0 aliphatic carbocycles. The van der Waals surface area contributed by atoms with Crippen LogP contribution < -0.4 is 14.8 Å². The second-order valence-corrected chi connectivity index (χ2v) is 7.27. The van der Waals surface area contributed by atoms with Gasteiger partial charge in [-0.25, -0.2) is 5.01 Å². The number of hydrogen-bond donors (Lipinski definition) is 1. The summed E-state index contributed by atoms with van der Waals surface area (Å²) in [6.45, 7) is 2.78. The molecule has 1 aromatic carbocycles. The number of nitrogens with zero attached hydrogens (tertiary/aromatic N) is 6. The summed E-state index contributed by atoms with van der Waals surface area (Å²) in [7, 11) is 3.10. The molecule has 4 rings (SSSR count). The van der Waals surface area contributed by atoms with Gasteiger partial charge in [0.15, 0.2) is 22.3 Å². The highest BCUT2D eigenvalue weighted by molar-refractivity contribution is 8.14. The Morgan fingerprint density at radius 3 is 2.52 bits per heavy atom. The number of nitrogens with one attached hydrogen (secondary N) is 1. The summed E-state index contributed by atoms with van der Waals surface area (Å²) in [5.41, 5.74) is 1.85. The number of carbonyl (C=O) groups excluding carboxylic acids is 2. The molecule has 2 amide bonds. The molecule has 29 heavy (non-hydrogen) atoms. The number of carbonyl (C=O) groups is 2. The van der Waals surface area contributed by atoms with E-state index in [4.69, 9.17) is 9.47 Å². The van der Waals surface area contributed by atoms with Gasteiger partial charge in [-0.05, 0) is 22.6 Å². The second kappa shape index (κ2) is 7.20. The van der Waals surface area contributed by atoms with Crippen molar-refractivity contribution < 1.29 is 19.1 Å². The highest BCUT2D eigenvalue weighted by Gasteiger charge is 2.35. The Kier molecular flexibility index (Phi) is 4.70. The number of rotatable bonds is 3. The smallest absolute Gasteiger partial charge is 0.241 e. The molecule has 11 nitrogen and oxygen atoms in total. The Hall–Kier alpha value is -3.41. The predicted octanol–water partition coefficient (Wildman–Crippen LogP) is 1.30. The summed E-state index contributed by atoms with van der Waals surface area (Å²) in [4.78, 5) is 23.6. The third kappa shape index (κ3) is 3.20. The largest absolute Gasteiger partial charge is 0.493 e. The molecule has 1 aliphatic rings. The zero-order chi connectivity index (χ0) is 20.7. The van der Waals surface area contributed by atoms with Crippen molar-refractivity contribution in [1.82, 2.24) is 30.4 Å². The predicted molar refractivity (Wildman–Crippen MR) is 105 cm³/mol. The summed E-state index contributed by atoms with van der Waals surface area (Å²) >= 11 is 1.23. The van der Waals surface area contributed by atoms with E-state index in [9.17, 15) is 9.59 Å². The number of methoxy groups -OCH3 is 2. The van der Waals surface area contributed by atoms with Crippen LogP contribution in [-0.4, -0.2) is 56.3 Å². The normalized spacial score (nSPS) is 16.2. The number of amidine groups is 1. The number of amides is 2. The average molecular weight is 415 g/mol. The standard InChI is InChI=1S/C17H17N7O4S/c1-8(25)18-17-20-23(9(2)26)16(29-17)11-5-10-6-13(27-3)14(28-4)7-12(10)24-15(11)19-21-22-24/h5-7,16H,1-4H3,(H,18,20,25). The zero-order valence-electron chi connectivity index (χ0n) is 16.0. The van der Waals surface area contributed by atoms with Crippen molar-refractivity contribution in [2.75, 3.05) is 14.2 Å². The van der Waals surface area contributed by atoms with E-state index in [1.807, 2.05) is 12.1 Å². The van der Waals surface area contributed by atoms with Crippen LogP contribution in [0.2, 0.25) is 0 Å². The van der Waals surface area contributed by atoms with Crippen LogP contribution in [-0.2, 0) is 9.59 Å². The lowest BCUT2D eigenvalue weighted by molar-refractivity contribution is -0.129. The van der Waals surface area contributed by atoms with E-state index < -0.39 is 5.37 Å². The average Bonchev–Trinajstić information content (AvgIpc) is 3.33. The van der Waals surface area contributed by atoms with Gasteiger partial charge in [-0.1, -0.05) is 11.8 Å². The van der Waals surface area contributed by atoms with Crippen LogP contribution in [0.25, 0.3) is 16.6 Å². The van der Waals surface area contributed by atoms with Crippen molar-refractivity contribution in [2.24, 2.45) is 5.10 Å². The maximum atomic E-state index is 12.2. The Morgan fingerprint density at radius 2 is 1.86 bits per heavy atom. The van der Waals surface area contributed by atoms with E-state index in [0.717, 1.165) is 5.39 Å². The van der Waals surface area contributed by atoms with Crippen LogP contribution in [0.5, 0.6) is 11.5 Å². The molecule has 1 atom stereocenters. The van der Waals surface area contributed by atoms with Gasteiger partial charge in [-0.15, -0.1) is 10.2 Å². The molecule has 2 aromatic heterocycles. The van der Waals surface area contributed by atoms with Gasteiger partial charge in [0, 0.05) is 30.9 Å². The zero-order valence-corrected chi connectivity index (χ0v) is 16.9. The maximum absolute atomic E-state index is 12.2. The number of benzene rings is 1. The van der Waals surface area contributed by atoms with Crippen LogP contribution in [0.4, 0.5) is 0 Å². The summed E-state index contributed by atoms with van der Waals surface area (Å²) < 4.78 is 12.3. The molecule has 0 saturated carbocycles. The van der Waals surface area contributed by atoms with Crippen molar-refractivity contribution in [3.63, 3.8) is 0 Å². The Balaban J connectivity index is 1.90. The number of pyridine rings is 1. The van der Waals surface area contributed by atoms with Crippen LogP contribution in [0.1, 0.15) is 24.8 Å². The van der Waals surface area contributed by atoms with Gasteiger partial charge >= 0.3 is 0 Å². The number of aromatic nitrogens is 4. The second-order valence-electron chi connectivity index (χ2n) is 6.20. The molecule has 1 N–H and O–H groups in total. The SMILES string of the molecule is COc1cc2cc(C3SC(NC(C)=O)=NN3C(C)=O)c3nnnn3c2cc1OC. The molecule has 0 radical (unpaired) electrons. The molecule has 150 valence electrons. The summed E-state index contributed by atoms with van der Waals surface area (Å²) in [6.07, 6.45) is 0. The molecule has 12 heteroatoms. The number of fused-ring (bicyclic) bond motifs is 3. The van der Waals surface area contributed by atoms with Gasteiger partial charge in [0.05, 0.1) is 19.7 Å².